The summed E-state index contributed by atoms with van der Waals surface area (Å²) in [7, 11) is 0. The summed E-state index contributed by atoms with van der Waals surface area (Å²) in [5, 5.41) is 0. The lowest BCUT2D eigenvalue weighted by atomic mass is 9.99. The van der Waals surface area contributed by atoms with Crippen LogP contribution in [0.15, 0.2) is 54.6 Å². The van der Waals surface area contributed by atoms with E-state index in [2.05, 4.69) is 32.9 Å². The molecule has 0 amide bonds. The van der Waals surface area contributed by atoms with Crippen LogP contribution in [0.5, 0.6) is 11.5 Å². The summed E-state index contributed by atoms with van der Waals surface area (Å²) in [4.78, 5) is 0. The van der Waals surface area contributed by atoms with Gasteiger partial charge >= 0.3 is 0 Å². The third-order valence-corrected chi connectivity index (χ3v) is 2.73. The first-order chi connectivity index (χ1) is 9.53. The van der Waals surface area contributed by atoms with Crippen LogP contribution in [-0.2, 0) is 6.61 Å². The van der Waals surface area contributed by atoms with Gasteiger partial charge in [0.05, 0.1) is 6.61 Å². The zero-order valence-corrected chi connectivity index (χ0v) is 12.4. The van der Waals surface area contributed by atoms with Crippen molar-refractivity contribution in [3.63, 3.8) is 0 Å². The van der Waals surface area contributed by atoms with Crippen molar-refractivity contribution in [1.29, 1.82) is 0 Å². The first-order valence-corrected chi connectivity index (χ1v) is 6.92. The van der Waals surface area contributed by atoms with Crippen molar-refractivity contribution in [2.75, 3.05) is 6.61 Å². The second-order valence-corrected chi connectivity index (χ2v) is 6.10. The summed E-state index contributed by atoms with van der Waals surface area (Å²) >= 11 is 0. The molecule has 0 aromatic heterocycles. The van der Waals surface area contributed by atoms with Crippen LogP contribution >= 0.6 is 0 Å². The zero-order chi connectivity index (χ0) is 14.4. The van der Waals surface area contributed by atoms with Gasteiger partial charge in [-0.1, -0.05) is 57.2 Å². The Balaban J connectivity index is 1.92. The molecule has 0 radical (unpaired) electrons. The van der Waals surface area contributed by atoms with E-state index in [9.17, 15) is 0 Å². The minimum absolute atomic E-state index is 0.154. The summed E-state index contributed by atoms with van der Waals surface area (Å²) in [5.74, 6) is 1.69. The predicted octanol–water partition coefficient (Wildman–Crippen LogP) is 4.69. The highest BCUT2D eigenvalue weighted by atomic mass is 16.5. The number of hydrogen-bond donors (Lipinski definition) is 0. The van der Waals surface area contributed by atoms with E-state index in [1.165, 1.54) is 0 Å². The largest absolute Gasteiger partial charge is 0.493 e. The van der Waals surface area contributed by atoms with E-state index in [4.69, 9.17) is 9.47 Å². The van der Waals surface area contributed by atoms with Crippen molar-refractivity contribution in [2.45, 2.75) is 27.4 Å². The van der Waals surface area contributed by atoms with E-state index in [0.717, 1.165) is 17.1 Å². The monoisotopic (exact) mass is 270 g/mol. The van der Waals surface area contributed by atoms with E-state index < -0.39 is 0 Å². The molecule has 0 spiro atoms. The average Bonchev–Trinajstić information content (AvgIpc) is 2.44. The maximum absolute atomic E-state index is 5.78. The molecule has 20 heavy (non-hydrogen) atoms. The maximum Gasteiger partial charge on any atom is 0.123 e. The van der Waals surface area contributed by atoms with Crippen LogP contribution in [0.3, 0.4) is 0 Å². The van der Waals surface area contributed by atoms with Crippen LogP contribution in [0.2, 0.25) is 0 Å². The second-order valence-electron chi connectivity index (χ2n) is 6.10. The SMILES string of the molecule is CC(C)(C)COc1cccc(OCc2ccccc2)c1. The molecule has 106 valence electrons. The molecule has 0 saturated carbocycles. The number of ether oxygens (including phenoxy) is 2. The van der Waals surface area contributed by atoms with E-state index in [0.29, 0.717) is 13.2 Å². The van der Waals surface area contributed by atoms with Gasteiger partial charge in [-0.05, 0) is 23.1 Å². The summed E-state index contributed by atoms with van der Waals surface area (Å²) < 4.78 is 11.6. The Hall–Kier alpha value is -1.96. The van der Waals surface area contributed by atoms with Crippen LogP contribution in [0, 0.1) is 5.41 Å². The maximum atomic E-state index is 5.78. The molecule has 0 unspecified atom stereocenters. The molecule has 2 rings (SSSR count). The van der Waals surface area contributed by atoms with Crippen LogP contribution in [-0.4, -0.2) is 6.61 Å². The molecule has 0 fully saturated rings. The molecule has 2 aromatic rings. The third kappa shape index (κ3) is 4.96. The second kappa shape index (κ2) is 6.47. The molecule has 2 nitrogen and oxygen atoms in total. The molecule has 0 bridgehead atoms. The van der Waals surface area contributed by atoms with Crippen molar-refractivity contribution in [3.8, 4) is 11.5 Å². The summed E-state index contributed by atoms with van der Waals surface area (Å²) in [5.41, 5.74) is 1.31. The first-order valence-electron chi connectivity index (χ1n) is 6.92. The van der Waals surface area contributed by atoms with Gasteiger partial charge < -0.3 is 9.47 Å². The Morgan fingerprint density at radius 1 is 0.800 bits per heavy atom. The van der Waals surface area contributed by atoms with Gasteiger partial charge in [0.1, 0.15) is 18.1 Å². The predicted molar refractivity (Wildman–Crippen MR) is 82.2 cm³/mol. The minimum Gasteiger partial charge on any atom is -0.493 e. The van der Waals surface area contributed by atoms with Gasteiger partial charge in [0.2, 0.25) is 0 Å². The van der Waals surface area contributed by atoms with Gasteiger partial charge in [-0.2, -0.15) is 0 Å². The Morgan fingerprint density at radius 3 is 2.10 bits per heavy atom. The normalized spacial score (nSPS) is 11.2. The van der Waals surface area contributed by atoms with Crippen LogP contribution < -0.4 is 9.47 Å². The van der Waals surface area contributed by atoms with Crippen molar-refractivity contribution >= 4 is 0 Å². The summed E-state index contributed by atoms with van der Waals surface area (Å²) in [6.45, 7) is 7.73. The van der Waals surface area contributed by atoms with Crippen LogP contribution in [0.25, 0.3) is 0 Å². The molecular formula is C18H22O2. The molecule has 0 aliphatic carbocycles. The summed E-state index contributed by atoms with van der Waals surface area (Å²) in [6, 6.07) is 18.0. The lowest BCUT2D eigenvalue weighted by Gasteiger charge is -2.19. The molecule has 0 N–H and O–H groups in total. The number of hydrogen-bond acceptors (Lipinski definition) is 2. The molecule has 2 heteroatoms. The van der Waals surface area contributed by atoms with E-state index in [-0.39, 0.29) is 5.41 Å². The fourth-order valence-electron chi connectivity index (χ4n) is 1.69. The molecule has 0 aliphatic rings. The highest BCUT2D eigenvalue weighted by Crippen LogP contribution is 2.22. The lowest BCUT2D eigenvalue weighted by molar-refractivity contribution is 0.196. The minimum atomic E-state index is 0.154. The van der Waals surface area contributed by atoms with Gasteiger partial charge in [0.15, 0.2) is 0 Å². The smallest absolute Gasteiger partial charge is 0.123 e. The van der Waals surface area contributed by atoms with Gasteiger partial charge in [-0.25, -0.2) is 0 Å². The van der Waals surface area contributed by atoms with E-state index in [1.54, 1.807) is 0 Å². The van der Waals surface area contributed by atoms with Crippen LogP contribution in [0.1, 0.15) is 26.3 Å². The van der Waals surface area contributed by atoms with Crippen molar-refractivity contribution in [2.24, 2.45) is 5.41 Å². The topological polar surface area (TPSA) is 18.5 Å². The first kappa shape index (κ1) is 14.4. The molecule has 0 saturated heterocycles. The van der Waals surface area contributed by atoms with Gasteiger partial charge in [0.25, 0.3) is 0 Å². The zero-order valence-electron chi connectivity index (χ0n) is 12.4. The van der Waals surface area contributed by atoms with E-state index >= 15 is 0 Å². The van der Waals surface area contributed by atoms with Gasteiger partial charge in [-0.15, -0.1) is 0 Å². The molecule has 0 heterocycles. The highest BCUT2D eigenvalue weighted by Gasteiger charge is 2.11. The number of rotatable bonds is 5. The standard InChI is InChI=1S/C18H22O2/c1-18(2,3)14-20-17-11-7-10-16(12-17)19-13-15-8-5-4-6-9-15/h4-12H,13-14H2,1-3H3. The van der Waals surface area contributed by atoms with Crippen molar-refractivity contribution < 1.29 is 9.47 Å². The molecule has 0 aliphatic heterocycles. The van der Waals surface area contributed by atoms with Gasteiger partial charge in [0, 0.05) is 6.07 Å². The Labute approximate surface area is 121 Å². The van der Waals surface area contributed by atoms with Crippen LogP contribution in [0.4, 0.5) is 0 Å². The summed E-state index contributed by atoms with van der Waals surface area (Å²) in [6.07, 6.45) is 0. The fraction of sp³-hybridized carbons (Fsp3) is 0.333. The highest BCUT2D eigenvalue weighted by molar-refractivity contribution is 5.33. The fourth-order valence-corrected chi connectivity index (χ4v) is 1.69. The van der Waals surface area contributed by atoms with Crippen molar-refractivity contribution in [3.05, 3.63) is 60.2 Å². The molecular weight excluding hydrogens is 248 g/mol. The lowest BCUT2D eigenvalue weighted by Crippen LogP contribution is -2.16. The molecule has 0 atom stereocenters. The Bertz CT molecular complexity index is 527. The Morgan fingerprint density at radius 2 is 1.45 bits per heavy atom. The van der Waals surface area contributed by atoms with E-state index in [1.807, 2.05) is 42.5 Å². The van der Waals surface area contributed by atoms with Gasteiger partial charge in [-0.3, -0.25) is 0 Å². The third-order valence-electron chi connectivity index (χ3n) is 2.73. The van der Waals surface area contributed by atoms with Crippen molar-refractivity contribution in [1.82, 2.24) is 0 Å². The Kier molecular flexibility index (Phi) is 4.67. The quantitative estimate of drug-likeness (QED) is 0.784. The average molecular weight is 270 g/mol. The number of benzene rings is 2. The molecule has 2 aromatic carbocycles.